The van der Waals surface area contributed by atoms with Gasteiger partial charge in [-0.2, -0.15) is 0 Å². The molecule has 5 nitrogen and oxygen atoms in total. The number of carbonyl (C=O) groups excluding carboxylic acids is 1. The number of non-ortho nitro benzene ring substituents is 1. The Hall–Kier alpha value is -1.91. The third-order valence-corrected chi connectivity index (χ3v) is 4.43. The van der Waals surface area contributed by atoms with Gasteiger partial charge in [-0.1, -0.05) is 25.3 Å². The molecule has 0 aromatic heterocycles. The van der Waals surface area contributed by atoms with Crippen LogP contribution in [0.5, 0.6) is 0 Å². The predicted octanol–water partition coefficient (Wildman–Crippen LogP) is 2.93. The number of carbonyl (C=O) groups is 1. The smallest absolute Gasteiger partial charge is 0.270 e. The van der Waals surface area contributed by atoms with E-state index >= 15 is 0 Å². The van der Waals surface area contributed by atoms with Gasteiger partial charge in [0.1, 0.15) is 0 Å². The summed E-state index contributed by atoms with van der Waals surface area (Å²) in [6, 6.07) is 4.97. The molecule has 5 heteroatoms. The molecule has 0 N–H and O–H groups in total. The van der Waals surface area contributed by atoms with Crippen LogP contribution >= 0.6 is 0 Å². The highest BCUT2D eigenvalue weighted by Gasteiger charge is 2.31. The molecule has 20 heavy (non-hydrogen) atoms. The van der Waals surface area contributed by atoms with E-state index in [0.717, 1.165) is 31.4 Å². The Morgan fingerprint density at radius 3 is 2.65 bits per heavy atom. The van der Waals surface area contributed by atoms with Crippen molar-refractivity contribution >= 4 is 11.6 Å². The van der Waals surface area contributed by atoms with Gasteiger partial charge in [0.25, 0.3) is 11.6 Å². The summed E-state index contributed by atoms with van der Waals surface area (Å²) in [5.41, 5.74) is 1.46. The van der Waals surface area contributed by atoms with Crippen LogP contribution in [0.15, 0.2) is 18.2 Å². The van der Waals surface area contributed by atoms with Crippen LogP contribution in [0, 0.1) is 10.1 Å². The number of rotatable bonds is 2. The molecule has 1 aromatic rings. The fourth-order valence-corrected chi connectivity index (χ4v) is 3.33. The molecular formula is C15H18N2O3. The lowest BCUT2D eigenvalue weighted by Gasteiger charge is -2.37. The third-order valence-electron chi connectivity index (χ3n) is 4.43. The molecule has 1 saturated carbocycles. The van der Waals surface area contributed by atoms with Crippen LogP contribution in [0.3, 0.4) is 0 Å². The minimum atomic E-state index is -0.437. The van der Waals surface area contributed by atoms with Crippen molar-refractivity contribution in [3.8, 4) is 0 Å². The van der Waals surface area contributed by atoms with E-state index in [1.54, 1.807) is 6.07 Å². The highest BCUT2D eigenvalue weighted by Crippen LogP contribution is 2.29. The summed E-state index contributed by atoms with van der Waals surface area (Å²) in [4.78, 5) is 24.9. The zero-order chi connectivity index (χ0) is 14.1. The Kier molecular flexibility index (Phi) is 3.42. The maximum absolute atomic E-state index is 12.6. The molecule has 0 atom stereocenters. The number of nitro benzene ring substituents is 1. The molecule has 0 unspecified atom stereocenters. The summed E-state index contributed by atoms with van der Waals surface area (Å²) in [7, 11) is 0. The summed E-state index contributed by atoms with van der Waals surface area (Å²) in [6.45, 7) is 0.744. The van der Waals surface area contributed by atoms with Gasteiger partial charge in [-0.15, -0.1) is 0 Å². The lowest BCUT2D eigenvalue weighted by Crippen LogP contribution is -2.45. The molecule has 1 aliphatic heterocycles. The van der Waals surface area contributed by atoms with Gasteiger partial charge in [-0.25, -0.2) is 0 Å². The molecule has 0 bridgehead atoms. The van der Waals surface area contributed by atoms with Crippen LogP contribution in [0.25, 0.3) is 0 Å². The number of hydrogen-bond donors (Lipinski definition) is 0. The van der Waals surface area contributed by atoms with Crippen molar-refractivity contribution in [1.29, 1.82) is 0 Å². The molecule has 0 saturated heterocycles. The molecular weight excluding hydrogens is 256 g/mol. The lowest BCUT2D eigenvalue weighted by molar-refractivity contribution is -0.384. The van der Waals surface area contributed by atoms with Gasteiger partial charge in [0.05, 0.1) is 4.92 Å². The Bertz CT molecular complexity index is 550. The molecule has 0 radical (unpaired) electrons. The standard InChI is InChI=1S/C15H18N2O3/c18-15-14-10-13(17(19)20)7-6-11(14)8-9-16(15)12-4-2-1-3-5-12/h6-7,10,12H,1-5,8-9H2. The van der Waals surface area contributed by atoms with E-state index in [0.29, 0.717) is 11.6 Å². The number of hydrogen-bond acceptors (Lipinski definition) is 3. The van der Waals surface area contributed by atoms with Crippen molar-refractivity contribution in [2.24, 2.45) is 0 Å². The first-order valence-electron chi connectivity index (χ1n) is 7.25. The highest BCUT2D eigenvalue weighted by atomic mass is 16.6. The van der Waals surface area contributed by atoms with E-state index in [-0.39, 0.29) is 11.6 Å². The first-order chi connectivity index (χ1) is 9.66. The molecule has 1 heterocycles. The second kappa shape index (κ2) is 5.23. The Morgan fingerprint density at radius 1 is 1.20 bits per heavy atom. The summed E-state index contributed by atoms with van der Waals surface area (Å²) in [5, 5.41) is 10.9. The fourth-order valence-electron chi connectivity index (χ4n) is 3.33. The monoisotopic (exact) mass is 274 g/mol. The minimum absolute atomic E-state index is 0.00240. The number of amides is 1. The lowest BCUT2D eigenvalue weighted by atomic mass is 9.90. The summed E-state index contributed by atoms with van der Waals surface area (Å²) in [6.07, 6.45) is 6.54. The first kappa shape index (κ1) is 13.1. The third kappa shape index (κ3) is 2.28. The Labute approximate surface area is 117 Å². The molecule has 1 fully saturated rings. The van der Waals surface area contributed by atoms with Crippen LogP contribution in [-0.2, 0) is 6.42 Å². The first-order valence-corrected chi connectivity index (χ1v) is 7.25. The number of benzene rings is 1. The van der Waals surface area contributed by atoms with Gasteiger partial charge in [-0.3, -0.25) is 14.9 Å². The quantitative estimate of drug-likeness (QED) is 0.615. The Morgan fingerprint density at radius 2 is 1.95 bits per heavy atom. The van der Waals surface area contributed by atoms with Crippen LogP contribution in [0.1, 0.15) is 48.0 Å². The Balaban J connectivity index is 1.88. The average Bonchev–Trinajstić information content (AvgIpc) is 2.48. The number of nitro groups is 1. The van der Waals surface area contributed by atoms with Crippen LogP contribution in [0.4, 0.5) is 5.69 Å². The fraction of sp³-hybridized carbons (Fsp3) is 0.533. The molecule has 106 valence electrons. The highest BCUT2D eigenvalue weighted by molar-refractivity contribution is 5.97. The van der Waals surface area contributed by atoms with Crippen molar-refractivity contribution in [3.63, 3.8) is 0 Å². The maximum atomic E-state index is 12.6. The van der Waals surface area contributed by atoms with Crippen molar-refractivity contribution in [1.82, 2.24) is 4.90 Å². The van der Waals surface area contributed by atoms with Crippen LogP contribution < -0.4 is 0 Å². The van der Waals surface area contributed by atoms with Gasteiger partial charge in [-0.05, 0) is 24.8 Å². The van der Waals surface area contributed by atoms with E-state index in [1.165, 1.54) is 31.4 Å². The zero-order valence-electron chi connectivity index (χ0n) is 11.4. The molecule has 1 amide bonds. The largest absolute Gasteiger partial charge is 0.335 e. The van der Waals surface area contributed by atoms with E-state index in [1.807, 2.05) is 4.90 Å². The summed E-state index contributed by atoms with van der Waals surface area (Å²) in [5.74, 6) is -0.0261. The van der Waals surface area contributed by atoms with E-state index < -0.39 is 4.92 Å². The van der Waals surface area contributed by atoms with Crippen molar-refractivity contribution in [3.05, 3.63) is 39.4 Å². The van der Waals surface area contributed by atoms with Gasteiger partial charge in [0.15, 0.2) is 0 Å². The molecule has 1 aliphatic carbocycles. The summed E-state index contributed by atoms with van der Waals surface area (Å²) >= 11 is 0. The number of nitrogens with zero attached hydrogens (tertiary/aromatic N) is 2. The normalized spacial score (nSPS) is 19.8. The van der Waals surface area contributed by atoms with Crippen molar-refractivity contribution in [2.45, 2.75) is 44.6 Å². The summed E-state index contributed by atoms with van der Waals surface area (Å²) < 4.78 is 0. The van der Waals surface area contributed by atoms with Crippen molar-refractivity contribution in [2.75, 3.05) is 6.54 Å². The van der Waals surface area contributed by atoms with Gasteiger partial charge in [0, 0.05) is 30.3 Å². The molecule has 2 aliphatic rings. The second-order valence-corrected chi connectivity index (χ2v) is 5.64. The molecule has 0 spiro atoms. The van der Waals surface area contributed by atoms with Gasteiger partial charge in [0.2, 0.25) is 0 Å². The zero-order valence-corrected chi connectivity index (χ0v) is 11.4. The van der Waals surface area contributed by atoms with E-state index in [2.05, 4.69) is 0 Å². The molecule has 3 rings (SSSR count). The average molecular weight is 274 g/mol. The van der Waals surface area contributed by atoms with E-state index in [9.17, 15) is 14.9 Å². The number of fused-ring (bicyclic) bond motifs is 1. The second-order valence-electron chi connectivity index (χ2n) is 5.64. The van der Waals surface area contributed by atoms with Crippen molar-refractivity contribution < 1.29 is 9.72 Å². The minimum Gasteiger partial charge on any atom is -0.335 e. The van der Waals surface area contributed by atoms with Crippen LogP contribution in [0.2, 0.25) is 0 Å². The topological polar surface area (TPSA) is 63.4 Å². The SMILES string of the molecule is O=C1c2cc([N+](=O)[O-])ccc2CCN1C1CCCCC1. The van der Waals surface area contributed by atoms with Crippen LogP contribution in [-0.4, -0.2) is 28.3 Å². The maximum Gasteiger partial charge on any atom is 0.270 e. The molecule has 1 aromatic carbocycles. The predicted molar refractivity (Wildman–Crippen MR) is 74.7 cm³/mol. The van der Waals surface area contributed by atoms with Gasteiger partial charge < -0.3 is 4.90 Å². The van der Waals surface area contributed by atoms with E-state index in [4.69, 9.17) is 0 Å². The van der Waals surface area contributed by atoms with Gasteiger partial charge >= 0.3 is 0 Å².